The molecule has 1 fully saturated rings. The quantitative estimate of drug-likeness (QED) is 0.449. The number of hydrogen-bond donors (Lipinski definition) is 3. The van der Waals surface area contributed by atoms with E-state index in [1.165, 1.54) is 11.3 Å². The molecule has 1 unspecified atom stereocenters. The zero-order valence-corrected chi connectivity index (χ0v) is 21.7. The Balaban J connectivity index is 0.000000349. The van der Waals surface area contributed by atoms with E-state index in [0.29, 0.717) is 12.6 Å². The Morgan fingerprint density at radius 1 is 0.951 bits per heavy atom. The van der Waals surface area contributed by atoms with Crippen molar-refractivity contribution in [2.75, 3.05) is 26.3 Å². The first-order valence-electron chi connectivity index (χ1n) is 12.4. The van der Waals surface area contributed by atoms with E-state index in [9.17, 15) is 31.1 Å². The van der Waals surface area contributed by atoms with E-state index in [1.807, 2.05) is 12.1 Å². The van der Waals surface area contributed by atoms with Crippen LogP contribution in [0, 0.1) is 5.92 Å². The van der Waals surface area contributed by atoms with Crippen molar-refractivity contribution >= 4 is 17.8 Å². The predicted octanol–water partition coefficient (Wildman–Crippen LogP) is 3.12. The molecule has 0 spiro atoms. The summed E-state index contributed by atoms with van der Waals surface area (Å²) in [5, 5.41) is 17.4. The number of aliphatic carboxylic acids is 2. The fourth-order valence-electron chi connectivity index (χ4n) is 4.14. The van der Waals surface area contributed by atoms with Crippen LogP contribution < -0.4 is 5.32 Å². The molecule has 0 bridgehead atoms. The minimum Gasteiger partial charge on any atom is -0.475 e. The number of nitrogens with zero attached hydrogens (tertiary/aromatic N) is 3. The van der Waals surface area contributed by atoms with Gasteiger partial charge in [-0.2, -0.15) is 26.3 Å². The highest BCUT2D eigenvalue weighted by atomic mass is 19.4. The van der Waals surface area contributed by atoms with Crippen molar-refractivity contribution in [3.8, 4) is 0 Å². The average molecular weight is 597 g/mol. The Labute approximate surface area is 230 Å². The molecular weight excluding hydrogens is 566 g/mol. The summed E-state index contributed by atoms with van der Waals surface area (Å²) in [6, 6.07) is 8.76. The molecule has 2 aliphatic heterocycles. The summed E-state index contributed by atoms with van der Waals surface area (Å²) in [7, 11) is 0. The van der Waals surface area contributed by atoms with Crippen LogP contribution in [0.4, 0.5) is 26.3 Å². The van der Waals surface area contributed by atoms with E-state index in [1.54, 1.807) is 12.4 Å². The maximum Gasteiger partial charge on any atom is 0.490 e. The molecule has 1 saturated heterocycles. The van der Waals surface area contributed by atoms with Crippen molar-refractivity contribution in [3.63, 3.8) is 0 Å². The molecule has 0 radical (unpaired) electrons. The third-order valence-electron chi connectivity index (χ3n) is 6.19. The summed E-state index contributed by atoms with van der Waals surface area (Å²) < 4.78 is 71.2. The van der Waals surface area contributed by atoms with Crippen molar-refractivity contribution in [1.82, 2.24) is 19.8 Å². The Morgan fingerprint density at radius 3 is 2.05 bits per heavy atom. The van der Waals surface area contributed by atoms with E-state index in [0.717, 1.165) is 52.1 Å². The largest absolute Gasteiger partial charge is 0.490 e. The smallest absolute Gasteiger partial charge is 0.475 e. The second kappa shape index (κ2) is 15.4. The van der Waals surface area contributed by atoms with Crippen LogP contribution >= 0.6 is 0 Å². The first-order valence-corrected chi connectivity index (χ1v) is 12.4. The lowest BCUT2D eigenvalue weighted by molar-refractivity contribution is -0.193. The van der Waals surface area contributed by atoms with Gasteiger partial charge in [0.1, 0.15) is 0 Å². The highest BCUT2D eigenvalue weighted by Gasteiger charge is 2.39. The number of aromatic nitrogens is 2. The molecule has 0 aromatic carbocycles. The zero-order chi connectivity index (χ0) is 30.6. The first kappa shape index (κ1) is 33.5. The molecule has 228 valence electrons. The van der Waals surface area contributed by atoms with E-state index >= 15 is 0 Å². The number of pyridine rings is 1. The number of alkyl halides is 6. The summed E-state index contributed by atoms with van der Waals surface area (Å²) in [6.45, 7) is 4.79. The summed E-state index contributed by atoms with van der Waals surface area (Å²) in [5.41, 5.74) is 2.50. The van der Waals surface area contributed by atoms with Gasteiger partial charge in [0.2, 0.25) is 5.91 Å². The fraction of sp³-hybridized carbons (Fsp3) is 0.520. The third-order valence-corrected chi connectivity index (χ3v) is 6.19. The molecule has 2 aliphatic rings. The third kappa shape index (κ3) is 11.8. The molecule has 41 heavy (non-hydrogen) atoms. The topological polar surface area (TPSA) is 134 Å². The summed E-state index contributed by atoms with van der Waals surface area (Å²) in [5.74, 6) is -5.39. The Hall–Kier alpha value is -3.66. The zero-order valence-electron chi connectivity index (χ0n) is 21.7. The molecule has 3 N–H and O–H groups in total. The molecule has 1 atom stereocenters. The molecule has 16 heteroatoms. The van der Waals surface area contributed by atoms with Gasteiger partial charge in [0.05, 0.1) is 5.92 Å². The molecule has 0 saturated carbocycles. The van der Waals surface area contributed by atoms with Crippen molar-refractivity contribution in [2.24, 2.45) is 5.92 Å². The summed E-state index contributed by atoms with van der Waals surface area (Å²) >= 11 is 0. The molecule has 10 nitrogen and oxygen atoms in total. The lowest BCUT2D eigenvalue weighted by Crippen LogP contribution is -2.44. The second-order valence-electron chi connectivity index (χ2n) is 9.12. The number of hydrogen-bond acceptors (Lipinski definition) is 6. The minimum atomic E-state index is -5.08. The monoisotopic (exact) mass is 596 g/mol. The van der Waals surface area contributed by atoms with Gasteiger partial charge in [0, 0.05) is 69.7 Å². The molecule has 4 heterocycles. The summed E-state index contributed by atoms with van der Waals surface area (Å²) in [4.78, 5) is 37.2. The van der Waals surface area contributed by atoms with Crippen LogP contribution in [-0.4, -0.2) is 87.2 Å². The molecule has 4 rings (SSSR count). The van der Waals surface area contributed by atoms with Crippen LogP contribution in [-0.2, 0) is 38.6 Å². The van der Waals surface area contributed by atoms with Gasteiger partial charge in [-0.1, -0.05) is 0 Å². The van der Waals surface area contributed by atoms with Crippen molar-refractivity contribution < 1.29 is 55.7 Å². The van der Waals surface area contributed by atoms with Crippen LogP contribution in [0.2, 0.25) is 0 Å². The highest BCUT2D eigenvalue weighted by Crippen LogP contribution is 2.23. The second-order valence-corrected chi connectivity index (χ2v) is 9.12. The predicted molar refractivity (Wildman–Crippen MR) is 131 cm³/mol. The van der Waals surface area contributed by atoms with Gasteiger partial charge in [-0.05, 0) is 49.1 Å². The number of rotatable bonds is 5. The van der Waals surface area contributed by atoms with E-state index in [2.05, 4.69) is 38.1 Å². The van der Waals surface area contributed by atoms with Crippen LogP contribution in [0.3, 0.4) is 0 Å². The number of halogens is 6. The lowest BCUT2D eigenvalue weighted by Gasteiger charge is -2.34. The van der Waals surface area contributed by atoms with Crippen LogP contribution in [0.15, 0.2) is 42.9 Å². The van der Waals surface area contributed by atoms with Gasteiger partial charge < -0.3 is 24.8 Å². The average Bonchev–Trinajstić information content (AvgIpc) is 3.26. The standard InChI is InChI=1S/C21H28N4O2.2C2HF3O2/c26-21(23-10-5-17-3-8-22-9-4-17)18-14-24-11-1-2-20(24)16-25(15-18)19-6-12-27-13-7-19;2*3-2(4,5)1(6)7/h1-4,8-9,11,18-19H,5-7,10,12-16H2,(H,23,26);2*(H,6,7). The van der Waals surface area contributed by atoms with Crippen molar-refractivity contribution in [2.45, 2.75) is 50.7 Å². The Bertz CT molecular complexity index is 1100. The Morgan fingerprint density at radius 2 is 1.51 bits per heavy atom. The van der Waals surface area contributed by atoms with Crippen LogP contribution in [0.5, 0.6) is 0 Å². The van der Waals surface area contributed by atoms with Gasteiger partial charge in [0.25, 0.3) is 0 Å². The lowest BCUT2D eigenvalue weighted by atomic mass is 10.0. The van der Waals surface area contributed by atoms with Crippen LogP contribution in [0.25, 0.3) is 0 Å². The molecule has 2 aromatic rings. The van der Waals surface area contributed by atoms with Gasteiger partial charge in [-0.25, -0.2) is 9.59 Å². The highest BCUT2D eigenvalue weighted by molar-refractivity contribution is 5.79. The van der Waals surface area contributed by atoms with Crippen LogP contribution in [0.1, 0.15) is 24.1 Å². The molecule has 2 aromatic heterocycles. The van der Waals surface area contributed by atoms with Gasteiger partial charge in [0.15, 0.2) is 0 Å². The minimum absolute atomic E-state index is 0.0288. The number of amides is 1. The number of carboxylic acid groups (broad SMARTS) is 2. The van der Waals surface area contributed by atoms with Crippen molar-refractivity contribution in [1.29, 1.82) is 0 Å². The Kier molecular flexibility index (Phi) is 12.6. The number of fused-ring (bicyclic) bond motifs is 1. The van der Waals surface area contributed by atoms with Gasteiger partial charge in [-0.3, -0.25) is 14.7 Å². The van der Waals surface area contributed by atoms with E-state index < -0.39 is 24.3 Å². The van der Waals surface area contributed by atoms with E-state index in [4.69, 9.17) is 24.5 Å². The van der Waals surface area contributed by atoms with Crippen molar-refractivity contribution in [3.05, 3.63) is 54.1 Å². The maximum atomic E-state index is 12.9. The molecule has 1 amide bonds. The number of carbonyl (C=O) groups excluding carboxylic acids is 1. The fourth-order valence-corrected chi connectivity index (χ4v) is 4.14. The SMILES string of the molecule is O=C(NCCc1ccncc1)C1CN(C2CCOCC2)Cc2cccn2C1.O=C(O)C(F)(F)F.O=C(O)C(F)(F)F. The molecular formula is C25H30F6N4O6. The summed E-state index contributed by atoms with van der Waals surface area (Å²) in [6.07, 6.45) is -1.54. The van der Waals surface area contributed by atoms with Gasteiger partial charge in [-0.15, -0.1) is 0 Å². The first-order chi connectivity index (χ1) is 19.2. The molecule has 0 aliphatic carbocycles. The number of nitrogens with one attached hydrogen (secondary N) is 1. The number of carboxylic acids is 2. The number of ether oxygens (including phenoxy) is 1. The number of carbonyl (C=O) groups is 3. The maximum absolute atomic E-state index is 12.9. The van der Waals surface area contributed by atoms with Gasteiger partial charge >= 0.3 is 24.3 Å². The normalized spacial score (nSPS) is 18.0. The van der Waals surface area contributed by atoms with E-state index in [-0.39, 0.29) is 11.8 Å².